The van der Waals surface area contributed by atoms with Crippen LogP contribution in [0.2, 0.25) is 0 Å². The number of rotatable bonds is 11. The summed E-state index contributed by atoms with van der Waals surface area (Å²) in [5.74, 6) is -3.85. The number of nitrogens with zero attached hydrogens (tertiary/aromatic N) is 8. The summed E-state index contributed by atoms with van der Waals surface area (Å²) in [6.45, 7) is 1.76. The van der Waals surface area contributed by atoms with Gasteiger partial charge in [0.25, 0.3) is 11.8 Å². The number of nitrogens with two attached hydrogens (primary N) is 3. The smallest absolute Gasteiger partial charge is 0.362 e. The number of carboxylic acids is 1. The number of amides is 2. The SMILES string of the molecule is CC(C)(ON=C(C(=O)N[C@@H]1C(=O)N(S(=O)(=O)O)[C@H]1Cn1nnc(CN=C(N)N)n1)c1csc(N)n1)C(=O)O. The molecule has 38 heavy (non-hydrogen) atoms. The number of thiazole rings is 1. The van der Waals surface area contributed by atoms with Crippen LogP contribution in [0.4, 0.5) is 5.13 Å². The molecule has 206 valence electrons. The van der Waals surface area contributed by atoms with Crippen LogP contribution in [0.5, 0.6) is 0 Å². The number of guanidine groups is 1. The number of oxime groups is 1. The van der Waals surface area contributed by atoms with Gasteiger partial charge in [0.1, 0.15) is 24.3 Å². The van der Waals surface area contributed by atoms with E-state index in [1.165, 1.54) is 19.2 Å². The first-order valence-corrected chi connectivity index (χ1v) is 12.5. The Balaban J connectivity index is 1.87. The summed E-state index contributed by atoms with van der Waals surface area (Å²) < 4.78 is 33.2. The predicted molar refractivity (Wildman–Crippen MR) is 127 cm³/mol. The Kier molecular flexibility index (Phi) is 7.78. The van der Waals surface area contributed by atoms with Crippen molar-refractivity contribution in [2.24, 2.45) is 21.6 Å². The zero-order chi connectivity index (χ0) is 28.4. The number of aromatic nitrogens is 5. The van der Waals surface area contributed by atoms with Gasteiger partial charge in [0.15, 0.2) is 22.6 Å². The van der Waals surface area contributed by atoms with Crippen molar-refractivity contribution >= 4 is 56.2 Å². The maximum Gasteiger partial charge on any atom is 0.362 e. The number of carbonyl (C=O) groups excluding carboxylic acids is 2. The lowest BCUT2D eigenvalue weighted by atomic mass is 9.98. The fourth-order valence-corrected chi connectivity index (χ4v) is 4.32. The van der Waals surface area contributed by atoms with Gasteiger partial charge < -0.3 is 32.5 Å². The first-order valence-electron chi connectivity index (χ1n) is 10.2. The summed E-state index contributed by atoms with van der Waals surface area (Å²) in [6.07, 6.45) is 0. The Morgan fingerprint density at radius 2 is 2.03 bits per heavy atom. The summed E-state index contributed by atoms with van der Waals surface area (Å²) in [7, 11) is -5.04. The molecule has 0 radical (unpaired) electrons. The van der Waals surface area contributed by atoms with Gasteiger partial charge in [-0.3, -0.25) is 14.1 Å². The molecule has 3 rings (SSSR count). The number of β-lactam (4-membered cyclic amide) rings is 1. The highest BCUT2D eigenvalue weighted by Crippen LogP contribution is 2.25. The van der Waals surface area contributed by atoms with Gasteiger partial charge in [0, 0.05) is 5.38 Å². The molecular weight excluding hydrogens is 552 g/mol. The third kappa shape index (κ3) is 6.27. The van der Waals surface area contributed by atoms with Crippen LogP contribution in [0.25, 0.3) is 0 Å². The molecule has 1 fully saturated rings. The molecule has 0 unspecified atom stereocenters. The van der Waals surface area contributed by atoms with Crippen LogP contribution < -0.4 is 22.5 Å². The molecule has 2 atom stereocenters. The van der Waals surface area contributed by atoms with Gasteiger partial charge in [-0.05, 0) is 19.1 Å². The van der Waals surface area contributed by atoms with E-state index in [-0.39, 0.29) is 33.5 Å². The molecule has 20 nitrogen and oxygen atoms in total. The summed E-state index contributed by atoms with van der Waals surface area (Å²) in [6, 6.07) is -2.92. The number of anilines is 1. The number of aliphatic imine (C=N–C) groups is 1. The molecule has 9 N–H and O–H groups in total. The molecule has 0 saturated carbocycles. The van der Waals surface area contributed by atoms with Gasteiger partial charge in [-0.1, -0.05) is 5.16 Å². The van der Waals surface area contributed by atoms with E-state index in [0.717, 1.165) is 16.1 Å². The van der Waals surface area contributed by atoms with Gasteiger partial charge in [-0.15, -0.1) is 21.5 Å². The lowest BCUT2D eigenvalue weighted by Crippen LogP contribution is -2.73. The van der Waals surface area contributed by atoms with Crippen molar-refractivity contribution in [3.63, 3.8) is 0 Å². The van der Waals surface area contributed by atoms with E-state index >= 15 is 0 Å². The third-order valence-electron chi connectivity index (χ3n) is 4.81. The van der Waals surface area contributed by atoms with E-state index in [1.54, 1.807) is 0 Å². The molecule has 1 aliphatic rings. The zero-order valence-corrected chi connectivity index (χ0v) is 21.2. The van der Waals surface area contributed by atoms with E-state index in [0.29, 0.717) is 0 Å². The number of carbonyl (C=O) groups is 3. The van der Waals surface area contributed by atoms with Crippen molar-refractivity contribution < 1.29 is 37.3 Å². The van der Waals surface area contributed by atoms with Crippen LogP contribution >= 0.6 is 11.3 Å². The molecule has 2 amide bonds. The topological polar surface area (TPSA) is 310 Å². The Morgan fingerprint density at radius 1 is 1.34 bits per heavy atom. The number of aliphatic carboxylic acids is 1. The molecule has 22 heteroatoms. The number of nitrogen functional groups attached to an aromatic ring is 1. The maximum absolute atomic E-state index is 13.1. The van der Waals surface area contributed by atoms with Gasteiger partial charge in [0.2, 0.25) is 5.60 Å². The largest absolute Gasteiger partial charge is 0.478 e. The van der Waals surface area contributed by atoms with E-state index in [9.17, 15) is 32.5 Å². The van der Waals surface area contributed by atoms with Crippen LogP contribution in [0.15, 0.2) is 15.5 Å². The van der Waals surface area contributed by atoms with E-state index in [1.807, 2.05) is 0 Å². The minimum atomic E-state index is -5.04. The summed E-state index contributed by atoms with van der Waals surface area (Å²) in [5, 5.41) is 27.8. The van der Waals surface area contributed by atoms with Crippen LogP contribution in [-0.2, 0) is 42.6 Å². The quantitative estimate of drug-likeness (QED) is 0.0494. The van der Waals surface area contributed by atoms with Crippen LogP contribution in [0.1, 0.15) is 25.4 Å². The van der Waals surface area contributed by atoms with E-state index in [4.69, 9.17) is 22.0 Å². The Hall–Kier alpha value is -4.44. The zero-order valence-electron chi connectivity index (χ0n) is 19.6. The monoisotopic (exact) mass is 574 g/mol. The Morgan fingerprint density at radius 3 is 2.58 bits per heavy atom. The number of carboxylic acid groups (broad SMARTS) is 1. The number of nitrogens with one attached hydrogen (secondary N) is 1. The second-order valence-electron chi connectivity index (χ2n) is 8.05. The highest BCUT2D eigenvalue weighted by Gasteiger charge is 2.54. The Bertz CT molecular complexity index is 1410. The second-order valence-corrected chi connectivity index (χ2v) is 10.2. The molecule has 2 aromatic rings. The highest BCUT2D eigenvalue weighted by molar-refractivity contribution is 7.84. The van der Waals surface area contributed by atoms with Crippen molar-refractivity contribution in [2.75, 3.05) is 5.73 Å². The lowest BCUT2D eigenvalue weighted by molar-refractivity contribution is -0.161. The van der Waals surface area contributed by atoms with Crippen molar-refractivity contribution in [1.82, 2.24) is 34.8 Å². The minimum absolute atomic E-state index is 0.0435. The molecule has 0 aromatic carbocycles. The molecule has 3 heterocycles. The highest BCUT2D eigenvalue weighted by atomic mass is 32.2. The fraction of sp³-hybridized carbons (Fsp3) is 0.438. The fourth-order valence-electron chi connectivity index (χ4n) is 2.90. The van der Waals surface area contributed by atoms with Crippen molar-refractivity contribution in [2.45, 2.75) is 44.6 Å². The predicted octanol–water partition coefficient (Wildman–Crippen LogP) is -3.73. The van der Waals surface area contributed by atoms with Crippen molar-refractivity contribution in [3.05, 3.63) is 16.9 Å². The summed E-state index contributed by atoms with van der Waals surface area (Å²) in [5.41, 5.74) is 13.6. The van der Waals surface area contributed by atoms with Crippen molar-refractivity contribution in [1.29, 1.82) is 0 Å². The van der Waals surface area contributed by atoms with Gasteiger partial charge in [0.05, 0.1) is 6.54 Å². The van der Waals surface area contributed by atoms with Gasteiger partial charge in [-0.25, -0.2) is 19.1 Å². The van der Waals surface area contributed by atoms with Gasteiger partial charge >= 0.3 is 16.3 Å². The third-order valence-corrected chi connectivity index (χ3v) is 6.43. The molecular formula is C16H22N12O8S2. The van der Waals surface area contributed by atoms with E-state index < -0.39 is 58.0 Å². The maximum atomic E-state index is 13.1. The number of tetrazole rings is 1. The average molecular weight is 575 g/mol. The van der Waals surface area contributed by atoms with Crippen molar-refractivity contribution in [3.8, 4) is 0 Å². The first kappa shape index (κ1) is 28.1. The second kappa shape index (κ2) is 10.5. The first-order chi connectivity index (χ1) is 17.6. The normalized spacial score (nSPS) is 18.0. The summed E-state index contributed by atoms with van der Waals surface area (Å²) in [4.78, 5) is 50.5. The summed E-state index contributed by atoms with van der Waals surface area (Å²) >= 11 is 0.938. The molecule has 2 aromatic heterocycles. The Labute approximate surface area is 217 Å². The molecule has 0 bridgehead atoms. The van der Waals surface area contributed by atoms with Crippen LogP contribution in [-0.4, -0.2) is 94.7 Å². The van der Waals surface area contributed by atoms with Crippen LogP contribution in [0, 0.1) is 0 Å². The number of hydrogen-bond acceptors (Lipinski definition) is 14. The molecule has 1 aliphatic heterocycles. The lowest BCUT2D eigenvalue weighted by Gasteiger charge is -2.43. The minimum Gasteiger partial charge on any atom is -0.478 e. The molecule has 0 spiro atoms. The van der Waals surface area contributed by atoms with Gasteiger partial charge in [-0.2, -0.15) is 13.2 Å². The number of hydrogen-bond donors (Lipinski definition) is 6. The standard InChI is InChI=1S/C16H22N12O8S2/c1-16(2,13(31)32)36-25-9(6-5-37-15(19)21-6)11(29)22-10-7(28(12(10)30)38(33,34)35)4-27-24-8(23-26-27)3-20-14(17)18/h5,7,10H,3-4H2,1-2H3,(H2,19,21)(H,22,29)(H,31,32)(H4,17,18,20)(H,33,34,35)/t7-,10-/m0/s1. The van der Waals surface area contributed by atoms with Crippen LogP contribution in [0.3, 0.4) is 0 Å². The molecule has 0 aliphatic carbocycles. The van der Waals surface area contributed by atoms with E-state index in [2.05, 4.69) is 35.9 Å². The average Bonchev–Trinajstić information content (AvgIpc) is 3.43. The molecule has 1 saturated heterocycles.